The number of hydrogen-bond donors (Lipinski definition) is 0. The van der Waals surface area contributed by atoms with Gasteiger partial charge < -0.3 is 0 Å². The third-order valence-electron chi connectivity index (χ3n) is 2.78. The molecule has 0 amide bonds. The van der Waals surface area contributed by atoms with Crippen LogP contribution in [0.3, 0.4) is 0 Å². The van der Waals surface area contributed by atoms with Gasteiger partial charge in [0.15, 0.2) is 0 Å². The SMILES string of the molecule is CCC(Cl)c1cn(Cc2ccc(C)cc2Cl)nn1. The van der Waals surface area contributed by atoms with Gasteiger partial charge in [-0.25, -0.2) is 4.68 Å². The minimum atomic E-state index is -0.0766. The van der Waals surface area contributed by atoms with E-state index in [0.29, 0.717) is 6.54 Å². The van der Waals surface area contributed by atoms with E-state index in [2.05, 4.69) is 10.3 Å². The molecule has 1 atom stereocenters. The Balaban J connectivity index is 2.16. The smallest absolute Gasteiger partial charge is 0.101 e. The minimum absolute atomic E-state index is 0.0766. The Labute approximate surface area is 117 Å². The van der Waals surface area contributed by atoms with Gasteiger partial charge in [-0.3, -0.25) is 0 Å². The highest BCUT2D eigenvalue weighted by Gasteiger charge is 2.10. The molecule has 0 saturated carbocycles. The summed E-state index contributed by atoms with van der Waals surface area (Å²) in [5, 5.41) is 8.81. The molecule has 0 aliphatic heterocycles. The van der Waals surface area contributed by atoms with Crippen molar-refractivity contribution in [1.82, 2.24) is 15.0 Å². The summed E-state index contributed by atoms with van der Waals surface area (Å²) in [5.74, 6) is 0. The average Bonchev–Trinajstić information content (AvgIpc) is 2.80. The molecule has 1 unspecified atom stereocenters. The van der Waals surface area contributed by atoms with Crippen LogP contribution in [0.25, 0.3) is 0 Å². The van der Waals surface area contributed by atoms with Gasteiger partial charge in [-0.1, -0.05) is 35.9 Å². The molecular formula is C13H15Cl2N3. The molecule has 1 aromatic carbocycles. The zero-order valence-electron chi connectivity index (χ0n) is 10.4. The summed E-state index contributed by atoms with van der Waals surface area (Å²) in [6, 6.07) is 6.00. The molecule has 2 rings (SSSR count). The van der Waals surface area contributed by atoms with Crippen LogP contribution in [0.2, 0.25) is 5.02 Å². The summed E-state index contributed by atoms with van der Waals surface area (Å²) in [4.78, 5) is 0. The normalized spacial score (nSPS) is 12.7. The third kappa shape index (κ3) is 3.03. The number of hydrogen-bond acceptors (Lipinski definition) is 2. The standard InChI is InChI=1S/C13H15Cl2N3/c1-3-11(14)13-8-18(17-16-13)7-10-5-4-9(2)6-12(10)15/h4-6,8,11H,3,7H2,1-2H3. The van der Waals surface area contributed by atoms with Gasteiger partial charge in [-0.15, -0.1) is 16.7 Å². The van der Waals surface area contributed by atoms with Crippen LogP contribution < -0.4 is 0 Å². The number of halogens is 2. The largest absolute Gasteiger partial charge is 0.248 e. The quantitative estimate of drug-likeness (QED) is 0.795. The van der Waals surface area contributed by atoms with Crippen LogP contribution in [0.5, 0.6) is 0 Å². The van der Waals surface area contributed by atoms with Crippen LogP contribution in [0, 0.1) is 6.92 Å². The molecule has 96 valence electrons. The first-order valence-electron chi connectivity index (χ1n) is 5.89. The maximum atomic E-state index is 6.19. The lowest BCUT2D eigenvalue weighted by Crippen LogP contribution is -2.01. The number of rotatable bonds is 4. The zero-order chi connectivity index (χ0) is 13.1. The molecule has 5 heteroatoms. The van der Waals surface area contributed by atoms with E-state index in [0.717, 1.165) is 28.3 Å². The number of aryl methyl sites for hydroxylation is 1. The summed E-state index contributed by atoms with van der Waals surface area (Å²) in [6.45, 7) is 4.65. The van der Waals surface area contributed by atoms with Gasteiger partial charge in [0.25, 0.3) is 0 Å². The zero-order valence-corrected chi connectivity index (χ0v) is 11.9. The van der Waals surface area contributed by atoms with Crippen molar-refractivity contribution in [3.8, 4) is 0 Å². The first-order chi connectivity index (χ1) is 8.60. The molecule has 0 fully saturated rings. The van der Waals surface area contributed by atoms with Gasteiger partial charge in [0.2, 0.25) is 0 Å². The van der Waals surface area contributed by atoms with Crippen LogP contribution in [-0.4, -0.2) is 15.0 Å². The van der Waals surface area contributed by atoms with Gasteiger partial charge in [-0.05, 0) is 30.5 Å². The van der Waals surface area contributed by atoms with E-state index < -0.39 is 0 Å². The highest BCUT2D eigenvalue weighted by Crippen LogP contribution is 2.22. The average molecular weight is 284 g/mol. The van der Waals surface area contributed by atoms with Crippen molar-refractivity contribution in [3.05, 3.63) is 46.2 Å². The fraction of sp³-hybridized carbons (Fsp3) is 0.385. The van der Waals surface area contributed by atoms with Crippen molar-refractivity contribution in [1.29, 1.82) is 0 Å². The van der Waals surface area contributed by atoms with Gasteiger partial charge in [0, 0.05) is 5.02 Å². The van der Waals surface area contributed by atoms with Crippen LogP contribution in [0.15, 0.2) is 24.4 Å². The topological polar surface area (TPSA) is 30.7 Å². The van der Waals surface area contributed by atoms with Crippen LogP contribution in [0.4, 0.5) is 0 Å². The molecule has 1 aromatic heterocycles. The van der Waals surface area contributed by atoms with E-state index in [9.17, 15) is 0 Å². The molecule has 0 bridgehead atoms. The number of nitrogens with zero attached hydrogens (tertiary/aromatic N) is 3. The lowest BCUT2D eigenvalue weighted by Gasteiger charge is -2.05. The van der Waals surface area contributed by atoms with Crippen molar-refractivity contribution < 1.29 is 0 Å². The van der Waals surface area contributed by atoms with E-state index in [1.165, 1.54) is 0 Å². The summed E-state index contributed by atoms with van der Waals surface area (Å²) in [6.07, 6.45) is 2.71. The molecule has 1 heterocycles. The van der Waals surface area contributed by atoms with Gasteiger partial charge in [0.05, 0.1) is 18.1 Å². The summed E-state index contributed by atoms with van der Waals surface area (Å²) >= 11 is 12.3. The van der Waals surface area contributed by atoms with Crippen LogP contribution in [-0.2, 0) is 6.54 Å². The van der Waals surface area contributed by atoms with Gasteiger partial charge in [-0.2, -0.15) is 0 Å². The molecule has 0 aliphatic carbocycles. The first kappa shape index (κ1) is 13.4. The number of benzene rings is 1. The molecule has 0 saturated heterocycles. The highest BCUT2D eigenvalue weighted by atomic mass is 35.5. The van der Waals surface area contributed by atoms with E-state index in [-0.39, 0.29) is 5.38 Å². The minimum Gasteiger partial charge on any atom is -0.248 e. The first-order valence-corrected chi connectivity index (χ1v) is 6.70. The molecular weight excluding hydrogens is 269 g/mol. The second kappa shape index (κ2) is 5.72. The Morgan fingerprint density at radius 3 is 2.83 bits per heavy atom. The second-order valence-electron chi connectivity index (χ2n) is 4.31. The molecule has 3 nitrogen and oxygen atoms in total. The molecule has 18 heavy (non-hydrogen) atoms. The molecule has 0 spiro atoms. The maximum absolute atomic E-state index is 6.19. The predicted octanol–water partition coefficient (Wildman–Crippen LogP) is 3.98. The number of aromatic nitrogens is 3. The molecule has 0 radical (unpaired) electrons. The lowest BCUT2D eigenvalue weighted by molar-refractivity contribution is 0.649. The number of alkyl halides is 1. The summed E-state index contributed by atoms with van der Waals surface area (Å²) < 4.78 is 1.76. The molecule has 0 aliphatic rings. The Bertz CT molecular complexity index is 537. The summed E-state index contributed by atoms with van der Waals surface area (Å²) in [5.41, 5.74) is 2.98. The summed E-state index contributed by atoms with van der Waals surface area (Å²) in [7, 11) is 0. The lowest BCUT2D eigenvalue weighted by atomic mass is 10.1. The van der Waals surface area contributed by atoms with Crippen LogP contribution in [0.1, 0.15) is 35.5 Å². The van der Waals surface area contributed by atoms with E-state index >= 15 is 0 Å². The Hall–Kier alpha value is -1.06. The van der Waals surface area contributed by atoms with Crippen molar-refractivity contribution >= 4 is 23.2 Å². The maximum Gasteiger partial charge on any atom is 0.101 e. The van der Waals surface area contributed by atoms with Crippen LogP contribution >= 0.6 is 23.2 Å². The fourth-order valence-electron chi connectivity index (χ4n) is 1.70. The Kier molecular flexibility index (Phi) is 4.25. The molecule has 2 aromatic rings. The monoisotopic (exact) mass is 283 g/mol. The van der Waals surface area contributed by atoms with Crippen molar-refractivity contribution in [2.75, 3.05) is 0 Å². The van der Waals surface area contributed by atoms with E-state index in [1.54, 1.807) is 4.68 Å². The molecule has 0 N–H and O–H groups in total. The Morgan fingerprint density at radius 1 is 1.39 bits per heavy atom. The van der Waals surface area contributed by atoms with Gasteiger partial charge >= 0.3 is 0 Å². The van der Waals surface area contributed by atoms with E-state index in [4.69, 9.17) is 23.2 Å². The van der Waals surface area contributed by atoms with Gasteiger partial charge in [0.1, 0.15) is 5.69 Å². The predicted molar refractivity (Wildman–Crippen MR) is 74.2 cm³/mol. The Morgan fingerprint density at radius 2 is 2.17 bits per heavy atom. The van der Waals surface area contributed by atoms with E-state index in [1.807, 2.05) is 38.2 Å². The highest BCUT2D eigenvalue weighted by molar-refractivity contribution is 6.31. The fourth-order valence-corrected chi connectivity index (χ4v) is 2.09. The van der Waals surface area contributed by atoms with Crippen molar-refractivity contribution in [2.45, 2.75) is 32.2 Å². The van der Waals surface area contributed by atoms with Crippen molar-refractivity contribution in [2.24, 2.45) is 0 Å². The second-order valence-corrected chi connectivity index (χ2v) is 5.25. The van der Waals surface area contributed by atoms with Crippen molar-refractivity contribution in [3.63, 3.8) is 0 Å². The third-order valence-corrected chi connectivity index (χ3v) is 3.66.